The average molecular weight is 409 g/mol. The minimum Gasteiger partial charge on any atom is -0.502 e. The molecule has 0 radical (unpaired) electrons. The quantitative estimate of drug-likeness (QED) is 0.143. The fourth-order valence-electron chi connectivity index (χ4n) is 2.71. The molecule has 0 unspecified atom stereocenters. The second-order valence-electron chi connectivity index (χ2n) is 6.41. The summed E-state index contributed by atoms with van der Waals surface area (Å²) >= 11 is 0. The molecule has 1 N–H and O–H groups in total. The minimum atomic E-state index is -0.722. The highest BCUT2D eigenvalue weighted by Crippen LogP contribution is 2.32. The van der Waals surface area contributed by atoms with Gasteiger partial charge in [-0.2, -0.15) is 0 Å². The number of phenols is 1. The van der Waals surface area contributed by atoms with Crippen LogP contribution in [0.2, 0.25) is 0 Å². The summed E-state index contributed by atoms with van der Waals surface area (Å²) in [7, 11) is 0. The lowest BCUT2D eigenvalue weighted by Crippen LogP contribution is -2.01. The van der Waals surface area contributed by atoms with Crippen molar-refractivity contribution >= 4 is 17.5 Å². The van der Waals surface area contributed by atoms with E-state index in [0.717, 1.165) is 5.56 Å². The van der Waals surface area contributed by atoms with Crippen LogP contribution in [-0.4, -0.2) is 29.0 Å². The number of ketones is 1. The summed E-state index contributed by atoms with van der Waals surface area (Å²) in [6, 6.07) is 7.96. The van der Waals surface area contributed by atoms with Crippen LogP contribution in [0.15, 0.2) is 61.7 Å². The van der Waals surface area contributed by atoms with Crippen molar-refractivity contribution < 1.29 is 24.3 Å². The van der Waals surface area contributed by atoms with Crippen LogP contribution in [0.25, 0.3) is 6.08 Å². The smallest absolute Gasteiger partial charge is 0.311 e. The van der Waals surface area contributed by atoms with Gasteiger partial charge in [-0.3, -0.25) is 14.9 Å². The predicted molar refractivity (Wildman–Crippen MR) is 115 cm³/mol. The molecule has 0 bridgehead atoms. The van der Waals surface area contributed by atoms with Crippen molar-refractivity contribution in [3.05, 3.63) is 94.1 Å². The van der Waals surface area contributed by atoms with E-state index in [1.54, 1.807) is 37.3 Å². The third-order valence-corrected chi connectivity index (χ3v) is 4.06. The number of ether oxygens (including phenoxy) is 2. The molecule has 7 heteroatoms. The van der Waals surface area contributed by atoms with Gasteiger partial charge in [-0.15, -0.1) is 6.58 Å². The summed E-state index contributed by atoms with van der Waals surface area (Å²) in [6.45, 7) is 9.86. The van der Waals surface area contributed by atoms with E-state index in [-0.39, 0.29) is 5.56 Å². The Balaban J connectivity index is 2.29. The van der Waals surface area contributed by atoms with Crippen LogP contribution < -0.4 is 4.74 Å². The molecule has 0 heterocycles. The Morgan fingerprint density at radius 1 is 1.20 bits per heavy atom. The number of hydrogen-bond donors (Lipinski definition) is 1. The molecule has 0 aromatic heterocycles. The number of carbonyl (C=O) groups excluding carboxylic acids is 1. The van der Waals surface area contributed by atoms with Gasteiger partial charge in [0.2, 0.25) is 5.75 Å². The number of nitro benzene ring substituents is 1. The van der Waals surface area contributed by atoms with Crippen molar-refractivity contribution in [3.63, 3.8) is 0 Å². The number of nitro groups is 1. The predicted octanol–water partition coefficient (Wildman–Crippen LogP) is 4.77. The first-order valence-electron chi connectivity index (χ1n) is 9.13. The molecule has 2 aromatic carbocycles. The molecule has 2 rings (SSSR count). The van der Waals surface area contributed by atoms with Gasteiger partial charge in [0.1, 0.15) is 12.4 Å². The van der Waals surface area contributed by atoms with E-state index in [4.69, 9.17) is 9.47 Å². The molecule has 0 spiro atoms. The maximum Gasteiger partial charge on any atom is 0.311 e. The molecule has 0 amide bonds. The highest BCUT2D eigenvalue weighted by Gasteiger charge is 2.21. The van der Waals surface area contributed by atoms with Crippen molar-refractivity contribution in [1.29, 1.82) is 0 Å². The zero-order valence-corrected chi connectivity index (χ0v) is 16.7. The lowest BCUT2D eigenvalue weighted by atomic mass is 10.0. The molecule has 156 valence electrons. The summed E-state index contributed by atoms with van der Waals surface area (Å²) in [5, 5.41) is 21.2. The van der Waals surface area contributed by atoms with Crippen LogP contribution in [-0.2, 0) is 11.3 Å². The Morgan fingerprint density at radius 3 is 2.60 bits per heavy atom. The van der Waals surface area contributed by atoms with Crippen LogP contribution in [0.4, 0.5) is 5.69 Å². The van der Waals surface area contributed by atoms with E-state index < -0.39 is 22.1 Å². The zero-order chi connectivity index (χ0) is 22.1. The van der Waals surface area contributed by atoms with Gasteiger partial charge in [0.25, 0.3) is 0 Å². The Bertz CT molecular complexity index is 993. The van der Waals surface area contributed by atoms with E-state index in [1.165, 1.54) is 18.2 Å². The topological polar surface area (TPSA) is 98.9 Å². The SMILES string of the molecule is C=CCOCc1cc(/C=C/C(=O)c2cc(C)cc([N+](=O)[O-])c2O)ccc1OCC=C. The highest BCUT2D eigenvalue weighted by atomic mass is 16.6. The van der Waals surface area contributed by atoms with E-state index in [1.807, 2.05) is 6.07 Å². The first-order chi connectivity index (χ1) is 14.4. The number of allylic oxidation sites excluding steroid dienone is 1. The summed E-state index contributed by atoms with van der Waals surface area (Å²) in [5.74, 6) is -0.558. The van der Waals surface area contributed by atoms with E-state index in [9.17, 15) is 20.0 Å². The summed E-state index contributed by atoms with van der Waals surface area (Å²) in [5.41, 5.74) is 1.35. The zero-order valence-electron chi connectivity index (χ0n) is 16.7. The number of benzene rings is 2. The van der Waals surface area contributed by atoms with Crippen molar-refractivity contribution in [2.24, 2.45) is 0 Å². The number of rotatable bonds is 11. The normalized spacial score (nSPS) is 10.7. The van der Waals surface area contributed by atoms with Gasteiger partial charge in [-0.05, 0) is 42.3 Å². The van der Waals surface area contributed by atoms with Crippen LogP contribution in [0.5, 0.6) is 11.5 Å². The molecular formula is C23H23NO6. The maximum atomic E-state index is 12.5. The summed E-state index contributed by atoms with van der Waals surface area (Å²) < 4.78 is 11.1. The summed E-state index contributed by atoms with van der Waals surface area (Å²) in [4.78, 5) is 22.9. The third-order valence-electron chi connectivity index (χ3n) is 4.06. The Morgan fingerprint density at radius 2 is 1.93 bits per heavy atom. The van der Waals surface area contributed by atoms with Gasteiger partial charge in [0.05, 0.1) is 23.7 Å². The van der Waals surface area contributed by atoms with Crippen molar-refractivity contribution in [3.8, 4) is 11.5 Å². The van der Waals surface area contributed by atoms with Crippen LogP contribution in [0.1, 0.15) is 27.0 Å². The average Bonchev–Trinajstić information content (AvgIpc) is 2.72. The molecule has 0 saturated carbocycles. The fraction of sp³-hybridized carbons (Fsp3) is 0.174. The molecule has 0 aliphatic carbocycles. The minimum absolute atomic E-state index is 0.126. The number of aromatic hydroxyl groups is 1. The van der Waals surface area contributed by atoms with Gasteiger partial charge in [0.15, 0.2) is 5.78 Å². The van der Waals surface area contributed by atoms with E-state index in [2.05, 4.69) is 13.2 Å². The van der Waals surface area contributed by atoms with Gasteiger partial charge < -0.3 is 14.6 Å². The Hall–Kier alpha value is -3.71. The van der Waals surface area contributed by atoms with Crippen LogP contribution in [0, 0.1) is 17.0 Å². The summed E-state index contributed by atoms with van der Waals surface area (Å²) in [6.07, 6.45) is 6.09. The number of carbonyl (C=O) groups is 1. The third kappa shape index (κ3) is 5.89. The first kappa shape index (κ1) is 22.6. The largest absolute Gasteiger partial charge is 0.502 e. The number of hydrogen-bond acceptors (Lipinski definition) is 6. The Kier molecular flexibility index (Phi) is 8.08. The second kappa shape index (κ2) is 10.7. The van der Waals surface area contributed by atoms with Crippen molar-refractivity contribution in [2.75, 3.05) is 13.2 Å². The lowest BCUT2D eigenvalue weighted by Gasteiger charge is -2.11. The molecule has 30 heavy (non-hydrogen) atoms. The second-order valence-corrected chi connectivity index (χ2v) is 6.41. The molecule has 0 aliphatic rings. The fourth-order valence-corrected chi connectivity index (χ4v) is 2.71. The molecular weight excluding hydrogens is 386 g/mol. The van der Waals surface area contributed by atoms with E-state index >= 15 is 0 Å². The molecule has 0 aliphatic heterocycles. The standard InChI is InChI=1S/C23H23NO6/c1-4-10-29-15-18-14-17(7-9-22(18)30-11-5-2)6-8-21(25)19-12-16(3)13-20(23(19)26)24(27)28/h4-9,12-14,26H,1-2,10-11,15H2,3H3/b8-6+. The lowest BCUT2D eigenvalue weighted by molar-refractivity contribution is -0.385. The maximum absolute atomic E-state index is 12.5. The number of nitrogens with zero attached hydrogens (tertiary/aromatic N) is 1. The van der Waals surface area contributed by atoms with Gasteiger partial charge >= 0.3 is 5.69 Å². The molecule has 2 aromatic rings. The molecule has 0 fully saturated rings. The van der Waals surface area contributed by atoms with Crippen LogP contribution in [0.3, 0.4) is 0 Å². The molecule has 0 saturated heterocycles. The van der Waals surface area contributed by atoms with Gasteiger partial charge in [0, 0.05) is 11.6 Å². The van der Waals surface area contributed by atoms with Gasteiger partial charge in [-0.25, -0.2) is 0 Å². The Labute approximate surface area is 174 Å². The van der Waals surface area contributed by atoms with E-state index in [0.29, 0.717) is 36.7 Å². The van der Waals surface area contributed by atoms with Crippen molar-refractivity contribution in [2.45, 2.75) is 13.5 Å². The molecule has 7 nitrogen and oxygen atoms in total. The van der Waals surface area contributed by atoms with Gasteiger partial charge in [-0.1, -0.05) is 30.9 Å². The van der Waals surface area contributed by atoms with Crippen molar-refractivity contribution in [1.82, 2.24) is 0 Å². The number of aryl methyl sites for hydroxylation is 1. The molecule has 0 atom stereocenters. The first-order valence-corrected chi connectivity index (χ1v) is 9.13. The monoisotopic (exact) mass is 409 g/mol. The van der Waals surface area contributed by atoms with Crippen LogP contribution >= 0.6 is 0 Å². The number of phenolic OH excluding ortho intramolecular Hbond substituents is 1. The highest BCUT2D eigenvalue weighted by molar-refractivity contribution is 6.09.